The summed E-state index contributed by atoms with van der Waals surface area (Å²) in [5, 5.41) is 5.91. The van der Waals surface area contributed by atoms with Crippen molar-refractivity contribution in [3.63, 3.8) is 0 Å². The molecule has 2 aromatic rings. The van der Waals surface area contributed by atoms with Crippen LogP contribution in [0.3, 0.4) is 0 Å². The smallest absolute Gasteiger partial charge is 0.256 e. The van der Waals surface area contributed by atoms with E-state index in [1.54, 1.807) is 30.0 Å². The van der Waals surface area contributed by atoms with Crippen LogP contribution in [0.15, 0.2) is 30.3 Å². The Balaban J connectivity index is 1.63. The number of ether oxygens (including phenoxy) is 1. The minimum Gasteiger partial charge on any atom is -0.496 e. The Kier molecular flexibility index (Phi) is 6.08. The number of benzene rings is 1. The highest BCUT2D eigenvalue weighted by Gasteiger charge is 2.28. The van der Waals surface area contributed by atoms with Crippen LogP contribution in [0.1, 0.15) is 35.0 Å². The van der Waals surface area contributed by atoms with Gasteiger partial charge in [0.25, 0.3) is 5.91 Å². The van der Waals surface area contributed by atoms with Crippen molar-refractivity contribution in [2.24, 2.45) is 0 Å². The Labute approximate surface area is 162 Å². The summed E-state index contributed by atoms with van der Waals surface area (Å²) in [6.07, 6.45) is 0.418. The average molecular weight is 386 g/mol. The molecule has 0 unspecified atom stereocenters. The molecule has 1 aromatic carbocycles. The Bertz CT molecular complexity index is 888. The number of aromatic nitrogens is 1. The number of nitrogens with zero attached hydrogens (tertiary/aromatic N) is 2. The Morgan fingerprint density at radius 3 is 2.89 bits per heavy atom. The van der Waals surface area contributed by atoms with Crippen molar-refractivity contribution in [2.45, 2.75) is 26.4 Å². The zero-order chi connectivity index (χ0) is 20.1. The number of amides is 2. The number of fused-ring (bicyclic) bond motifs is 1. The van der Waals surface area contributed by atoms with Gasteiger partial charge in [-0.2, -0.15) is 0 Å². The van der Waals surface area contributed by atoms with Crippen LogP contribution < -0.4 is 15.4 Å². The van der Waals surface area contributed by atoms with Gasteiger partial charge in [-0.1, -0.05) is 6.92 Å². The van der Waals surface area contributed by atoms with Crippen molar-refractivity contribution in [3.05, 3.63) is 53.0 Å². The van der Waals surface area contributed by atoms with E-state index in [0.29, 0.717) is 61.0 Å². The molecule has 0 bridgehead atoms. The largest absolute Gasteiger partial charge is 0.496 e. The molecule has 2 amide bonds. The molecule has 2 N–H and O–H groups in total. The molecule has 0 aliphatic carbocycles. The van der Waals surface area contributed by atoms with Gasteiger partial charge in [0.05, 0.1) is 24.9 Å². The summed E-state index contributed by atoms with van der Waals surface area (Å²) in [5.41, 5.74) is 1.92. The van der Waals surface area contributed by atoms with Gasteiger partial charge in [0.15, 0.2) is 0 Å². The monoisotopic (exact) mass is 386 g/mol. The van der Waals surface area contributed by atoms with Crippen LogP contribution in [-0.4, -0.2) is 41.9 Å². The van der Waals surface area contributed by atoms with E-state index in [-0.39, 0.29) is 17.6 Å². The number of pyridine rings is 1. The van der Waals surface area contributed by atoms with Crippen LogP contribution >= 0.6 is 0 Å². The first kappa shape index (κ1) is 19.6. The number of hydrogen-bond acceptors (Lipinski definition) is 5. The Morgan fingerprint density at radius 2 is 2.14 bits per heavy atom. The van der Waals surface area contributed by atoms with Crippen molar-refractivity contribution in [3.8, 4) is 5.75 Å². The lowest BCUT2D eigenvalue weighted by Crippen LogP contribution is -2.34. The van der Waals surface area contributed by atoms with E-state index in [9.17, 15) is 14.0 Å². The zero-order valence-electron chi connectivity index (χ0n) is 15.9. The van der Waals surface area contributed by atoms with E-state index in [1.165, 1.54) is 19.2 Å². The molecule has 7 nitrogen and oxygen atoms in total. The lowest BCUT2D eigenvalue weighted by molar-refractivity contribution is -0.120. The minimum atomic E-state index is -0.337. The summed E-state index contributed by atoms with van der Waals surface area (Å²) in [6.45, 7) is 3.37. The van der Waals surface area contributed by atoms with Crippen molar-refractivity contribution in [2.75, 3.05) is 25.5 Å². The molecule has 0 radical (unpaired) electrons. The van der Waals surface area contributed by atoms with Crippen molar-refractivity contribution >= 4 is 17.6 Å². The number of carbonyl (C=O) groups excluding carboxylic acids is 2. The maximum atomic E-state index is 13.5. The van der Waals surface area contributed by atoms with Crippen LogP contribution in [0.4, 0.5) is 10.2 Å². The fourth-order valence-corrected chi connectivity index (χ4v) is 3.04. The first-order valence-electron chi connectivity index (χ1n) is 9.14. The lowest BCUT2D eigenvalue weighted by Gasteiger charge is -2.15. The highest BCUT2D eigenvalue weighted by molar-refractivity contribution is 5.98. The van der Waals surface area contributed by atoms with Crippen LogP contribution in [0.2, 0.25) is 0 Å². The Morgan fingerprint density at radius 1 is 1.32 bits per heavy atom. The SMILES string of the molecule is CCC(=O)NCCN1Cc2nc(NCc3cc(F)ccc3OC)ccc2C1=O. The molecular formula is C20H23FN4O3. The van der Waals surface area contributed by atoms with Crippen molar-refractivity contribution in [1.29, 1.82) is 0 Å². The maximum Gasteiger partial charge on any atom is 0.256 e. The average Bonchev–Trinajstić information content (AvgIpc) is 3.01. The second-order valence-electron chi connectivity index (χ2n) is 6.43. The summed E-state index contributed by atoms with van der Waals surface area (Å²) in [7, 11) is 1.54. The summed E-state index contributed by atoms with van der Waals surface area (Å²) < 4.78 is 18.7. The van der Waals surface area contributed by atoms with Crippen LogP contribution in [0.5, 0.6) is 5.75 Å². The topological polar surface area (TPSA) is 83.6 Å². The zero-order valence-corrected chi connectivity index (χ0v) is 15.9. The normalized spacial score (nSPS) is 12.7. The number of anilines is 1. The molecular weight excluding hydrogens is 363 g/mol. The first-order valence-corrected chi connectivity index (χ1v) is 9.14. The van der Waals surface area contributed by atoms with E-state index < -0.39 is 0 Å². The quantitative estimate of drug-likeness (QED) is 0.728. The van der Waals surface area contributed by atoms with Gasteiger partial charge in [-0.15, -0.1) is 0 Å². The second-order valence-corrected chi connectivity index (χ2v) is 6.43. The third kappa shape index (κ3) is 4.39. The Hall–Kier alpha value is -3.16. The van der Waals surface area contributed by atoms with E-state index in [2.05, 4.69) is 15.6 Å². The van der Waals surface area contributed by atoms with Gasteiger partial charge in [0.1, 0.15) is 17.4 Å². The van der Waals surface area contributed by atoms with E-state index in [4.69, 9.17) is 4.74 Å². The van der Waals surface area contributed by atoms with Gasteiger partial charge in [-0.05, 0) is 30.3 Å². The summed E-state index contributed by atoms with van der Waals surface area (Å²) in [5.74, 6) is 0.716. The fraction of sp³-hybridized carbons (Fsp3) is 0.350. The molecule has 3 rings (SSSR count). The molecule has 0 fully saturated rings. The van der Waals surface area contributed by atoms with E-state index in [0.717, 1.165) is 0 Å². The molecule has 2 heterocycles. The summed E-state index contributed by atoms with van der Waals surface area (Å²) in [4.78, 5) is 29.9. The molecule has 0 saturated heterocycles. The van der Waals surface area contributed by atoms with Gasteiger partial charge in [0, 0.05) is 31.6 Å². The first-order chi connectivity index (χ1) is 13.5. The number of carbonyl (C=O) groups is 2. The number of hydrogen-bond donors (Lipinski definition) is 2. The number of nitrogens with one attached hydrogen (secondary N) is 2. The van der Waals surface area contributed by atoms with Crippen LogP contribution in [-0.2, 0) is 17.9 Å². The lowest BCUT2D eigenvalue weighted by atomic mass is 10.2. The van der Waals surface area contributed by atoms with E-state index >= 15 is 0 Å². The summed E-state index contributed by atoms with van der Waals surface area (Å²) >= 11 is 0. The van der Waals surface area contributed by atoms with Crippen molar-refractivity contribution < 1.29 is 18.7 Å². The third-order valence-corrected chi connectivity index (χ3v) is 4.56. The molecule has 8 heteroatoms. The van der Waals surface area contributed by atoms with Crippen LogP contribution in [0.25, 0.3) is 0 Å². The molecule has 0 atom stereocenters. The molecule has 28 heavy (non-hydrogen) atoms. The van der Waals surface area contributed by atoms with Gasteiger partial charge in [0.2, 0.25) is 5.91 Å². The van der Waals surface area contributed by atoms with Gasteiger partial charge in [-0.3, -0.25) is 9.59 Å². The van der Waals surface area contributed by atoms with Crippen molar-refractivity contribution in [1.82, 2.24) is 15.2 Å². The molecule has 0 spiro atoms. The van der Waals surface area contributed by atoms with Gasteiger partial charge in [-0.25, -0.2) is 9.37 Å². The predicted octanol–water partition coefficient (Wildman–Crippen LogP) is 2.32. The number of halogens is 1. The minimum absolute atomic E-state index is 0.0402. The standard InChI is InChI=1S/C20H23FN4O3/c1-3-19(26)22-8-9-25-12-16-15(20(25)27)5-7-18(24-16)23-11-13-10-14(21)4-6-17(13)28-2/h4-7,10H,3,8-9,11-12H2,1-2H3,(H,22,26)(H,23,24). The molecule has 148 valence electrons. The predicted molar refractivity (Wildman–Crippen MR) is 103 cm³/mol. The van der Waals surface area contributed by atoms with E-state index in [1.807, 2.05) is 0 Å². The summed E-state index contributed by atoms with van der Waals surface area (Å²) in [6, 6.07) is 7.80. The molecule has 0 saturated carbocycles. The highest BCUT2D eigenvalue weighted by atomic mass is 19.1. The van der Waals surface area contributed by atoms with Gasteiger partial charge < -0.3 is 20.3 Å². The molecule has 1 aromatic heterocycles. The molecule has 1 aliphatic heterocycles. The number of rotatable bonds is 8. The highest BCUT2D eigenvalue weighted by Crippen LogP contribution is 2.24. The third-order valence-electron chi connectivity index (χ3n) is 4.56. The maximum absolute atomic E-state index is 13.5. The number of methoxy groups -OCH3 is 1. The second kappa shape index (κ2) is 8.69. The molecule has 1 aliphatic rings. The fourth-order valence-electron chi connectivity index (χ4n) is 3.04. The van der Waals surface area contributed by atoms with Gasteiger partial charge >= 0.3 is 0 Å². The van der Waals surface area contributed by atoms with Crippen LogP contribution in [0, 0.1) is 5.82 Å².